The molecule has 0 aliphatic rings. The Labute approximate surface area is 127 Å². The lowest BCUT2D eigenvalue weighted by atomic mass is 10.1. The van der Waals surface area contributed by atoms with Crippen molar-refractivity contribution in [3.8, 4) is 11.8 Å². The van der Waals surface area contributed by atoms with Crippen LogP contribution in [0, 0.1) is 18.8 Å². The van der Waals surface area contributed by atoms with Crippen LogP contribution in [-0.4, -0.2) is 22.6 Å². The van der Waals surface area contributed by atoms with Gasteiger partial charge in [0.25, 0.3) is 5.91 Å². The van der Waals surface area contributed by atoms with E-state index < -0.39 is 0 Å². The third-order valence-electron chi connectivity index (χ3n) is 2.77. The standard InChI is InChI=1S/C16H13ClN2O2/c1-11-6-7-13(17)10-14(11)19-16(21)15-12(5-3-9-20)4-2-8-18-15/h2,4,6-8,10,20H,9H2,1H3,(H,19,21). The number of carbonyl (C=O) groups is 1. The minimum Gasteiger partial charge on any atom is -0.384 e. The Bertz CT molecular complexity index is 733. The number of hydrogen-bond donors (Lipinski definition) is 2. The van der Waals surface area contributed by atoms with Gasteiger partial charge in [0.05, 0.1) is 5.56 Å². The fourth-order valence-electron chi connectivity index (χ4n) is 1.73. The molecule has 2 aromatic rings. The van der Waals surface area contributed by atoms with Crippen LogP contribution in [0.15, 0.2) is 36.5 Å². The number of aryl methyl sites for hydroxylation is 1. The molecule has 0 saturated heterocycles. The lowest BCUT2D eigenvalue weighted by Crippen LogP contribution is -2.16. The number of amides is 1. The summed E-state index contributed by atoms with van der Waals surface area (Å²) in [6.07, 6.45) is 1.52. The van der Waals surface area contributed by atoms with Gasteiger partial charge in [-0.25, -0.2) is 4.98 Å². The van der Waals surface area contributed by atoms with E-state index in [-0.39, 0.29) is 18.2 Å². The molecule has 5 heteroatoms. The van der Waals surface area contributed by atoms with Crippen LogP contribution in [0.2, 0.25) is 5.02 Å². The SMILES string of the molecule is Cc1ccc(Cl)cc1NC(=O)c1ncccc1C#CCO. The zero-order valence-corrected chi connectivity index (χ0v) is 12.1. The highest BCUT2D eigenvalue weighted by Crippen LogP contribution is 2.21. The summed E-state index contributed by atoms with van der Waals surface area (Å²) < 4.78 is 0. The van der Waals surface area contributed by atoms with Gasteiger partial charge in [0.1, 0.15) is 12.3 Å². The normalized spacial score (nSPS) is 9.67. The van der Waals surface area contributed by atoms with Crippen LogP contribution in [0.25, 0.3) is 0 Å². The highest BCUT2D eigenvalue weighted by atomic mass is 35.5. The van der Waals surface area contributed by atoms with Crippen molar-refractivity contribution in [2.75, 3.05) is 11.9 Å². The van der Waals surface area contributed by atoms with Gasteiger partial charge in [0, 0.05) is 16.9 Å². The minimum atomic E-state index is -0.372. The number of aliphatic hydroxyl groups excluding tert-OH is 1. The Morgan fingerprint density at radius 3 is 3.00 bits per heavy atom. The molecule has 0 bridgehead atoms. The minimum absolute atomic E-state index is 0.206. The second-order valence-corrected chi connectivity index (χ2v) is 4.71. The molecular formula is C16H13ClN2O2. The Kier molecular flexibility index (Phi) is 4.94. The van der Waals surface area contributed by atoms with Crippen molar-refractivity contribution >= 4 is 23.2 Å². The lowest BCUT2D eigenvalue weighted by Gasteiger charge is -2.09. The molecule has 0 radical (unpaired) electrons. The number of halogens is 1. The van der Waals surface area contributed by atoms with Gasteiger partial charge in [0.15, 0.2) is 0 Å². The molecule has 4 nitrogen and oxygen atoms in total. The molecule has 0 aliphatic carbocycles. The van der Waals surface area contributed by atoms with Crippen molar-refractivity contribution in [1.82, 2.24) is 4.98 Å². The van der Waals surface area contributed by atoms with Crippen LogP contribution < -0.4 is 5.32 Å². The van der Waals surface area contributed by atoms with E-state index in [4.69, 9.17) is 16.7 Å². The largest absolute Gasteiger partial charge is 0.384 e. The maximum atomic E-state index is 12.3. The molecule has 0 saturated carbocycles. The smallest absolute Gasteiger partial charge is 0.275 e. The zero-order valence-electron chi connectivity index (χ0n) is 11.4. The Morgan fingerprint density at radius 2 is 2.24 bits per heavy atom. The summed E-state index contributed by atoms with van der Waals surface area (Å²) in [4.78, 5) is 16.4. The molecule has 0 atom stereocenters. The monoisotopic (exact) mass is 300 g/mol. The van der Waals surface area contributed by atoms with Gasteiger partial charge >= 0.3 is 0 Å². The molecule has 106 valence electrons. The summed E-state index contributed by atoms with van der Waals surface area (Å²) in [5, 5.41) is 12.1. The topological polar surface area (TPSA) is 62.2 Å². The second-order valence-electron chi connectivity index (χ2n) is 4.27. The van der Waals surface area contributed by atoms with Gasteiger partial charge in [-0.2, -0.15) is 0 Å². The maximum absolute atomic E-state index is 12.3. The Balaban J connectivity index is 2.31. The molecule has 1 aromatic carbocycles. The van der Waals surface area contributed by atoms with Crippen molar-refractivity contribution in [1.29, 1.82) is 0 Å². The number of benzene rings is 1. The third kappa shape index (κ3) is 3.82. The first-order valence-electron chi connectivity index (χ1n) is 6.24. The molecule has 0 fully saturated rings. The van der Waals surface area contributed by atoms with Crippen molar-refractivity contribution in [2.24, 2.45) is 0 Å². The molecule has 0 unspecified atom stereocenters. The number of pyridine rings is 1. The van der Waals surface area contributed by atoms with Crippen molar-refractivity contribution in [2.45, 2.75) is 6.92 Å². The highest BCUT2D eigenvalue weighted by molar-refractivity contribution is 6.31. The molecule has 2 N–H and O–H groups in total. The first-order valence-corrected chi connectivity index (χ1v) is 6.62. The van der Waals surface area contributed by atoms with Gasteiger partial charge in [-0.3, -0.25) is 4.79 Å². The molecule has 0 aliphatic heterocycles. The van der Waals surface area contributed by atoms with E-state index in [0.29, 0.717) is 16.3 Å². The van der Waals surface area contributed by atoms with E-state index in [0.717, 1.165) is 5.56 Å². The van der Waals surface area contributed by atoms with Crippen LogP contribution in [0.3, 0.4) is 0 Å². The number of hydrogen-bond acceptors (Lipinski definition) is 3. The summed E-state index contributed by atoms with van der Waals surface area (Å²) in [5.74, 6) is 4.84. The molecule has 21 heavy (non-hydrogen) atoms. The summed E-state index contributed by atoms with van der Waals surface area (Å²) >= 11 is 5.93. The van der Waals surface area contributed by atoms with Crippen LogP contribution in [0.1, 0.15) is 21.6 Å². The fraction of sp³-hybridized carbons (Fsp3) is 0.125. The maximum Gasteiger partial charge on any atom is 0.275 e. The van der Waals surface area contributed by atoms with Gasteiger partial charge in [-0.1, -0.05) is 29.5 Å². The van der Waals surface area contributed by atoms with Gasteiger partial charge in [-0.15, -0.1) is 0 Å². The van der Waals surface area contributed by atoms with Crippen LogP contribution in [0.4, 0.5) is 5.69 Å². The van der Waals surface area contributed by atoms with Crippen LogP contribution in [-0.2, 0) is 0 Å². The predicted molar refractivity (Wildman–Crippen MR) is 82.3 cm³/mol. The number of carbonyl (C=O) groups excluding carboxylic acids is 1. The zero-order chi connectivity index (χ0) is 15.2. The number of rotatable bonds is 2. The summed E-state index contributed by atoms with van der Waals surface area (Å²) in [5.41, 5.74) is 2.19. The molecular weight excluding hydrogens is 288 g/mol. The highest BCUT2D eigenvalue weighted by Gasteiger charge is 2.13. The van der Waals surface area contributed by atoms with E-state index >= 15 is 0 Å². The first-order chi connectivity index (χ1) is 10.1. The fourth-order valence-corrected chi connectivity index (χ4v) is 1.90. The van der Waals surface area contributed by atoms with Crippen molar-refractivity contribution < 1.29 is 9.90 Å². The number of aromatic nitrogens is 1. The van der Waals surface area contributed by atoms with Gasteiger partial charge in [-0.05, 0) is 36.8 Å². The van der Waals surface area contributed by atoms with Crippen molar-refractivity contribution in [3.05, 3.63) is 58.4 Å². The Hall–Kier alpha value is -2.35. The molecule has 2 rings (SSSR count). The lowest BCUT2D eigenvalue weighted by molar-refractivity contribution is 0.102. The molecule has 1 heterocycles. The second kappa shape index (κ2) is 6.89. The van der Waals surface area contributed by atoms with E-state index in [9.17, 15) is 4.79 Å². The van der Waals surface area contributed by atoms with E-state index in [1.165, 1.54) is 6.20 Å². The molecule has 1 aromatic heterocycles. The quantitative estimate of drug-likeness (QED) is 0.838. The summed E-state index contributed by atoms with van der Waals surface area (Å²) in [6.45, 7) is 1.60. The Morgan fingerprint density at radius 1 is 1.43 bits per heavy atom. The van der Waals surface area contributed by atoms with Gasteiger partial charge < -0.3 is 10.4 Å². The van der Waals surface area contributed by atoms with Crippen molar-refractivity contribution in [3.63, 3.8) is 0 Å². The first kappa shape index (κ1) is 15.0. The average Bonchev–Trinajstić information content (AvgIpc) is 2.49. The van der Waals surface area contributed by atoms with Gasteiger partial charge in [0.2, 0.25) is 0 Å². The van der Waals surface area contributed by atoms with E-state index in [1.807, 2.05) is 13.0 Å². The number of anilines is 1. The van der Waals surface area contributed by atoms with Crippen LogP contribution in [0.5, 0.6) is 0 Å². The summed E-state index contributed by atoms with van der Waals surface area (Å²) in [6, 6.07) is 8.61. The van der Waals surface area contributed by atoms with Crippen LogP contribution >= 0.6 is 11.6 Å². The third-order valence-corrected chi connectivity index (χ3v) is 3.01. The molecule has 0 spiro atoms. The average molecular weight is 301 g/mol. The number of nitrogens with zero attached hydrogens (tertiary/aromatic N) is 1. The predicted octanol–water partition coefficient (Wildman–Crippen LogP) is 2.64. The van der Waals surface area contributed by atoms with E-state index in [1.54, 1.807) is 24.3 Å². The number of aliphatic hydroxyl groups is 1. The summed E-state index contributed by atoms with van der Waals surface area (Å²) in [7, 11) is 0. The molecule has 1 amide bonds. The van der Waals surface area contributed by atoms with E-state index in [2.05, 4.69) is 22.1 Å². The number of nitrogens with one attached hydrogen (secondary N) is 1.